The van der Waals surface area contributed by atoms with Gasteiger partial charge in [-0.25, -0.2) is 4.39 Å². The molecule has 1 fully saturated rings. The van der Waals surface area contributed by atoms with Gasteiger partial charge in [0.2, 0.25) is 0 Å². The Kier molecular flexibility index (Phi) is 8.50. The van der Waals surface area contributed by atoms with Gasteiger partial charge >= 0.3 is 0 Å². The van der Waals surface area contributed by atoms with Crippen molar-refractivity contribution >= 4 is 0 Å². The smallest absolute Gasteiger partial charge is 0.0991 e. The summed E-state index contributed by atoms with van der Waals surface area (Å²) in [5.41, 5.74) is 4.56. The van der Waals surface area contributed by atoms with E-state index in [0.29, 0.717) is 17.8 Å². The van der Waals surface area contributed by atoms with Crippen molar-refractivity contribution in [2.75, 3.05) is 0 Å². The Labute approximate surface area is 175 Å². The summed E-state index contributed by atoms with van der Waals surface area (Å²) in [7, 11) is 0. The molecule has 2 aromatic rings. The summed E-state index contributed by atoms with van der Waals surface area (Å²) in [6.45, 7) is 0. The van der Waals surface area contributed by atoms with Crippen molar-refractivity contribution in [3.05, 3.63) is 72.1 Å². The van der Waals surface area contributed by atoms with E-state index in [1.54, 1.807) is 6.08 Å². The topological polar surface area (TPSA) is 23.8 Å². The standard InChI is InChI=1S/C27H32FN/c28-20-6-4-2-1-3-5-7-22-8-12-24(13-9-22)26-16-18-27(19-17-26)25-14-10-23(21-29)11-15-25/h6,10-11,14-20,22,24H,1-5,7-9,12-13H2/b20-6+/t22-,24-. The quantitative estimate of drug-likeness (QED) is 0.395. The van der Waals surface area contributed by atoms with Gasteiger partial charge in [0.15, 0.2) is 0 Å². The Morgan fingerprint density at radius 1 is 0.828 bits per heavy atom. The molecule has 0 N–H and O–H groups in total. The van der Waals surface area contributed by atoms with Gasteiger partial charge in [0.25, 0.3) is 0 Å². The Hall–Kier alpha value is -2.40. The molecule has 0 bridgehead atoms. The van der Waals surface area contributed by atoms with E-state index in [0.717, 1.165) is 18.8 Å². The molecule has 3 rings (SSSR count). The van der Waals surface area contributed by atoms with Crippen molar-refractivity contribution in [2.45, 2.75) is 70.1 Å². The van der Waals surface area contributed by atoms with Crippen LogP contribution < -0.4 is 0 Å². The van der Waals surface area contributed by atoms with Gasteiger partial charge in [0.1, 0.15) is 0 Å². The van der Waals surface area contributed by atoms with Gasteiger partial charge in [0, 0.05) is 0 Å². The number of benzene rings is 2. The minimum atomic E-state index is 0.666. The average Bonchev–Trinajstić information content (AvgIpc) is 2.79. The van der Waals surface area contributed by atoms with Crippen molar-refractivity contribution in [3.63, 3.8) is 0 Å². The molecule has 2 heteroatoms. The summed E-state index contributed by atoms with van der Waals surface area (Å²) >= 11 is 0. The van der Waals surface area contributed by atoms with E-state index in [9.17, 15) is 4.39 Å². The summed E-state index contributed by atoms with van der Waals surface area (Å²) < 4.78 is 11.9. The number of nitrogens with zero attached hydrogens (tertiary/aromatic N) is 1. The lowest BCUT2D eigenvalue weighted by Crippen LogP contribution is -2.13. The number of halogens is 1. The van der Waals surface area contributed by atoms with Crippen LogP contribution in [-0.4, -0.2) is 0 Å². The van der Waals surface area contributed by atoms with Crippen LogP contribution in [0.2, 0.25) is 0 Å². The van der Waals surface area contributed by atoms with E-state index < -0.39 is 0 Å². The van der Waals surface area contributed by atoms with Crippen LogP contribution in [-0.2, 0) is 0 Å². The molecule has 1 nitrogen and oxygen atoms in total. The predicted octanol–water partition coefficient (Wildman–Crippen LogP) is 8.32. The maximum atomic E-state index is 11.9. The first kappa shape index (κ1) is 21.3. The predicted molar refractivity (Wildman–Crippen MR) is 119 cm³/mol. The van der Waals surface area contributed by atoms with Crippen molar-refractivity contribution in [3.8, 4) is 17.2 Å². The van der Waals surface area contributed by atoms with Gasteiger partial charge < -0.3 is 0 Å². The molecule has 2 aromatic carbocycles. The summed E-state index contributed by atoms with van der Waals surface area (Å²) in [5.74, 6) is 1.60. The minimum absolute atomic E-state index is 0.666. The number of allylic oxidation sites excluding steroid dienone is 1. The van der Waals surface area contributed by atoms with E-state index >= 15 is 0 Å². The second-order valence-corrected chi connectivity index (χ2v) is 8.38. The summed E-state index contributed by atoms with van der Waals surface area (Å²) in [4.78, 5) is 0. The normalized spacial score (nSPS) is 19.3. The second kappa shape index (κ2) is 11.6. The molecule has 0 amide bonds. The van der Waals surface area contributed by atoms with Crippen molar-refractivity contribution < 1.29 is 4.39 Å². The zero-order valence-corrected chi connectivity index (χ0v) is 17.3. The average molecular weight is 390 g/mol. The number of hydrogen-bond acceptors (Lipinski definition) is 1. The van der Waals surface area contributed by atoms with Crippen LogP contribution in [0.15, 0.2) is 60.9 Å². The third kappa shape index (κ3) is 6.57. The molecule has 0 atom stereocenters. The first-order valence-corrected chi connectivity index (χ1v) is 11.2. The molecule has 1 aliphatic carbocycles. The molecular formula is C27H32FN. The molecule has 0 aromatic heterocycles. The molecular weight excluding hydrogens is 357 g/mol. The molecule has 1 saturated carbocycles. The molecule has 0 radical (unpaired) electrons. The summed E-state index contributed by atoms with van der Waals surface area (Å²) in [6.07, 6.45) is 14.8. The highest BCUT2D eigenvalue weighted by Gasteiger charge is 2.22. The van der Waals surface area contributed by atoms with Gasteiger partial charge in [-0.1, -0.05) is 68.2 Å². The molecule has 0 spiro atoms. The number of rotatable bonds is 9. The molecule has 0 unspecified atom stereocenters. The van der Waals surface area contributed by atoms with Crippen LogP contribution in [0.25, 0.3) is 11.1 Å². The van der Waals surface area contributed by atoms with Crippen molar-refractivity contribution in [1.82, 2.24) is 0 Å². The number of hydrogen-bond donors (Lipinski definition) is 0. The lowest BCUT2D eigenvalue weighted by atomic mass is 9.77. The zero-order chi connectivity index (χ0) is 20.3. The van der Waals surface area contributed by atoms with E-state index in [-0.39, 0.29) is 0 Å². The van der Waals surface area contributed by atoms with Crippen molar-refractivity contribution in [2.24, 2.45) is 5.92 Å². The number of nitriles is 1. The summed E-state index contributed by atoms with van der Waals surface area (Å²) in [5, 5.41) is 8.93. The van der Waals surface area contributed by atoms with Gasteiger partial charge in [0.05, 0.1) is 18.0 Å². The van der Waals surface area contributed by atoms with Crippen LogP contribution in [0.4, 0.5) is 4.39 Å². The highest BCUT2D eigenvalue weighted by molar-refractivity contribution is 5.64. The third-order valence-electron chi connectivity index (χ3n) is 6.40. The lowest BCUT2D eigenvalue weighted by Gasteiger charge is -2.29. The number of unbranched alkanes of at least 4 members (excludes halogenated alkanes) is 4. The van der Waals surface area contributed by atoms with Crippen LogP contribution in [0, 0.1) is 17.2 Å². The Bertz CT molecular complexity index is 790. The Morgan fingerprint density at radius 3 is 2.07 bits per heavy atom. The van der Waals surface area contributed by atoms with E-state index in [1.165, 1.54) is 68.1 Å². The van der Waals surface area contributed by atoms with Gasteiger partial charge in [-0.05, 0) is 79.2 Å². The molecule has 29 heavy (non-hydrogen) atoms. The third-order valence-corrected chi connectivity index (χ3v) is 6.40. The highest BCUT2D eigenvalue weighted by Crippen LogP contribution is 2.38. The maximum Gasteiger partial charge on any atom is 0.0991 e. The molecule has 1 aliphatic rings. The lowest BCUT2D eigenvalue weighted by molar-refractivity contribution is 0.302. The van der Waals surface area contributed by atoms with Gasteiger partial charge in [-0.3, -0.25) is 0 Å². The SMILES string of the molecule is N#Cc1ccc(-c2ccc([C@H]3CC[C@H](CCCCCC/C=C/F)CC3)cc2)cc1. The largest absolute Gasteiger partial charge is 0.216 e. The zero-order valence-electron chi connectivity index (χ0n) is 17.3. The van der Waals surface area contributed by atoms with Crippen LogP contribution >= 0.6 is 0 Å². The molecule has 0 saturated heterocycles. The monoisotopic (exact) mass is 389 g/mol. The highest BCUT2D eigenvalue weighted by atomic mass is 19.1. The maximum absolute atomic E-state index is 11.9. The van der Waals surface area contributed by atoms with E-state index in [1.807, 2.05) is 24.3 Å². The Balaban J connectivity index is 1.41. The fraction of sp³-hybridized carbons (Fsp3) is 0.444. The minimum Gasteiger partial charge on any atom is -0.216 e. The van der Waals surface area contributed by atoms with Crippen LogP contribution in [0.1, 0.15) is 81.3 Å². The van der Waals surface area contributed by atoms with Crippen LogP contribution in [0.3, 0.4) is 0 Å². The fourth-order valence-corrected chi connectivity index (χ4v) is 4.58. The molecule has 152 valence electrons. The van der Waals surface area contributed by atoms with E-state index in [4.69, 9.17) is 5.26 Å². The van der Waals surface area contributed by atoms with E-state index in [2.05, 4.69) is 30.3 Å². The summed E-state index contributed by atoms with van der Waals surface area (Å²) in [6, 6.07) is 19.0. The first-order valence-electron chi connectivity index (χ1n) is 11.2. The first-order chi connectivity index (χ1) is 14.3. The molecule has 0 heterocycles. The fourth-order valence-electron chi connectivity index (χ4n) is 4.58. The van der Waals surface area contributed by atoms with Crippen molar-refractivity contribution in [1.29, 1.82) is 5.26 Å². The van der Waals surface area contributed by atoms with Gasteiger partial charge in [-0.15, -0.1) is 0 Å². The molecule has 0 aliphatic heterocycles. The Morgan fingerprint density at radius 2 is 1.45 bits per heavy atom. The van der Waals surface area contributed by atoms with Crippen LogP contribution in [0.5, 0.6) is 0 Å². The second-order valence-electron chi connectivity index (χ2n) is 8.38. The van der Waals surface area contributed by atoms with Gasteiger partial charge in [-0.2, -0.15) is 5.26 Å².